The van der Waals surface area contributed by atoms with Crippen molar-refractivity contribution in [1.82, 2.24) is 29.5 Å². The molecule has 0 radical (unpaired) electrons. The number of nitrogens with one attached hydrogen (secondary N) is 2. The Kier molecular flexibility index (Phi) is 7.88. The summed E-state index contributed by atoms with van der Waals surface area (Å²) in [7, 11) is -8.62. The van der Waals surface area contributed by atoms with Crippen LogP contribution in [0.1, 0.15) is 6.23 Å². The van der Waals surface area contributed by atoms with E-state index in [1.54, 1.807) is 0 Å². The molecule has 2 bridgehead atoms. The monoisotopic (exact) mass is 692 g/mol. The number of nitrogens with zero attached hydrogens (tertiary/aromatic N) is 6. The van der Waals surface area contributed by atoms with Crippen molar-refractivity contribution in [3.05, 3.63) is 23.0 Å². The van der Waals surface area contributed by atoms with Gasteiger partial charge < -0.3 is 0 Å². The number of H-pyrrole nitrogens is 1. The molecule has 23 nitrogen and oxygen atoms in total. The van der Waals surface area contributed by atoms with Gasteiger partial charge in [0.05, 0.1) is 0 Å². The third-order valence-electron chi connectivity index (χ3n) is 7.84. The topological polar surface area (TPSA) is 319 Å². The Morgan fingerprint density at radius 3 is 2.67 bits per heavy atom. The number of rotatable bonds is 3. The molecule has 0 amide bonds. The summed E-state index contributed by atoms with van der Waals surface area (Å²) < 4.78 is 53.8. The van der Waals surface area contributed by atoms with E-state index in [-0.39, 0.29) is 41.1 Å². The molecular weight excluding hydrogens is 662 g/mol. The van der Waals surface area contributed by atoms with E-state index in [9.17, 15) is 29.4 Å². The van der Waals surface area contributed by atoms with Crippen molar-refractivity contribution >= 4 is 50.4 Å². The summed E-state index contributed by atoms with van der Waals surface area (Å²) in [6.07, 6.45) is -9.08. The number of nitrogen functional groups attached to an aromatic ring is 2. The number of aliphatic hydroxyl groups is 2. The number of nitrogens with two attached hydrogens (primary N) is 2. The van der Waals surface area contributed by atoms with Crippen LogP contribution in [-0.2, 0) is 36.7 Å². The van der Waals surface area contributed by atoms with Gasteiger partial charge in [0, 0.05) is 0 Å². The molecule has 0 aromatic carbocycles. The molecule has 3 aromatic rings. The van der Waals surface area contributed by atoms with E-state index in [2.05, 4.69) is 30.2 Å². The van der Waals surface area contributed by atoms with Crippen LogP contribution in [0.15, 0.2) is 17.4 Å². The van der Waals surface area contributed by atoms with Crippen molar-refractivity contribution in [2.45, 2.75) is 49.1 Å². The number of aliphatic hydroxyl groups excluding tert-OH is 2. The van der Waals surface area contributed by atoms with Crippen LogP contribution in [0, 0.1) is 0 Å². The summed E-state index contributed by atoms with van der Waals surface area (Å²) in [6, 6.07) is 0. The molecule has 4 aliphatic rings. The molecular formula is C21H30N10O13P2. The van der Waals surface area contributed by atoms with E-state index in [1.165, 1.54) is 22.1 Å². The van der Waals surface area contributed by atoms with Crippen molar-refractivity contribution in [3.63, 3.8) is 0 Å². The number of hydrogen-bond donors (Lipinski definition) is 8. The predicted octanol–water partition coefficient (Wildman–Crippen LogP) is -2.73. The van der Waals surface area contributed by atoms with Crippen molar-refractivity contribution in [2.75, 3.05) is 48.7 Å². The first-order chi connectivity index (χ1) is 21.9. The van der Waals surface area contributed by atoms with Crippen LogP contribution in [0.3, 0.4) is 0 Å². The second-order valence-electron chi connectivity index (χ2n) is 10.6. The van der Waals surface area contributed by atoms with E-state index in [0.717, 1.165) is 7.11 Å². The molecule has 3 aromatic heterocycles. The Hall–Kier alpha value is -3.15. The Labute approximate surface area is 257 Å². The molecule has 7 rings (SSSR count). The molecule has 0 saturated carbocycles. The van der Waals surface area contributed by atoms with Crippen molar-refractivity contribution in [1.29, 1.82) is 0 Å². The second kappa shape index (κ2) is 11.5. The predicted molar refractivity (Wildman–Crippen MR) is 154 cm³/mol. The van der Waals surface area contributed by atoms with Crippen molar-refractivity contribution in [2.24, 2.45) is 0 Å². The summed E-state index contributed by atoms with van der Waals surface area (Å²) in [4.78, 5) is 54.5. The molecule has 9 unspecified atom stereocenters. The Bertz CT molecular complexity index is 1750. The second-order valence-corrected chi connectivity index (χ2v) is 14.0. The third kappa shape index (κ3) is 5.38. The minimum atomic E-state index is -5.01. The molecule has 25 heteroatoms. The van der Waals surface area contributed by atoms with Gasteiger partial charge in [0.15, 0.2) is 0 Å². The Morgan fingerprint density at radius 1 is 1.11 bits per heavy atom. The quantitative estimate of drug-likeness (QED) is 0.129. The zero-order valence-electron chi connectivity index (χ0n) is 23.6. The van der Waals surface area contributed by atoms with Gasteiger partial charge in [-0.15, -0.1) is 0 Å². The Balaban J connectivity index is 1.20. The molecule has 3 saturated heterocycles. The van der Waals surface area contributed by atoms with Crippen LogP contribution < -0.4 is 27.2 Å². The maximum atomic E-state index is 13.2. The number of hydrogen-bond acceptors (Lipinski definition) is 20. The summed E-state index contributed by atoms with van der Waals surface area (Å²) in [5.41, 5.74) is 11.5. The van der Waals surface area contributed by atoms with Gasteiger partial charge in [-0.25, -0.2) is 0 Å². The molecule has 7 heterocycles. The number of fused-ring (bicyclic) bond motifs is 5. The van der Waals surface area contributed by atoms with E-state index in [1.807, 2.05) is 0 Å². The fraction of sp³-hybridized carbons (Fsp3) is 0.571. The van der Waals surface area contributed by atoms with Gasteiger partial charge in [-0.1, -0.05) is 0 Å². The fourth-order valence-corrected chi connectivity index (χ4v) is 7.87. The SMILES string of the molecule is CO[PH]1(O)OCC2OC(n3cnc4c(N)ncnc43)C(O)C2OP(=O)(O)OCC2OC(N3CNc4c3nc(N)[nH]c4=O)C(O1)C2O. The van der Waals surface area contributed by atoms with E-state index in [0.29, 0.717) is 0 Å². The van der Waals surface area contributed by atoms with E-state index < -0.39 is 83.8 Å². The van der Waals surface area contributed by atoms with E-state index in [4.69, 9.17) is 43.6 Å². The normalized spacial score (nSPS) is 36.7. The zero-order valence-corrected chi connectivity index (χ0v) is 25.5. The number of ether oxygens (including phenoxy) is 2. The first-order valence-corrected chi connectivity index (χ1v) is 16.8. The van der Waals surface area contributed by atoms with Gasteiger partial charge in [-0.3, -0.25) is 0 Å². The minimum absolute atomic E-state index is 0.0516. The molecule has 252 valence electrons. The van der Waals surface area contributed by atoms with Crippen LogP contribution in [-0.4, -0.2) is 119 Å². The average Bonchev–Trinajstić information content (AvgIpc) is 3.77. The van der Waals surface area contributed by atoms with Gasteiger partial charge in [0.1, 0.15) is 0 Å². The van der Waals surface area contributed by atoms with Gasteiger partial charge in [-0.05, 0) is 0 Å². The number of anilines is 4. The molecule has 9 atom stereocenters. The molecule has 46 heavy (non-hydrogen) atoms. The zero-order chi connectivity index (χ0) is 32.5. The number of imidazole rings is 1. The Morgan fingerprint density at radius 2 is 1.89 bits per heavy atom. The molecule has 4 aliphatic heterocycles. The molecule has 3 fully saturated rings. The number of phosphoric acid groups is 1. The van der Waals surface area contributed by atoms with Gasteiger partial charge in [0.2, 0.25) is 0 Å². The van der Waals surface area contributed by atoms with E-state index >= 15 is 0 Å². The van der Waals surface area contributed by atoms with Gasteiger partial charge >= 0.3 is 257 Å². The number of aromatic amines is 1. The van der Waals surface area contributed by atoms with Crippen LogP contribution in [0.5, 0.6) is 0 Å². The first-order valence-electron chi connectivity index (χ1n) is 13.6. The summed E-state index contributed by atoms with van der Waals surface area (Å²) in [5.74, 6) is -0.0848. The van der Waals surface area contributed by atoms with Crippen LogP contribution in [0.2, 0.25) is 0 Å². The molecule has 0 spiro atoms. The first kappa shape index (κ1) is 31.4. The van der Waals surface area contributed by atoms with Gasteiger partial charge in [-0.2, -0.15) is 0 Å². The fourth-order valence-electron chi connectivity index (χ4n) is 5.65. The van der Waals surface area contributed by atoms with Crippen LogP contribution in [0.25, 0.3) is 11.2 Å². The number of aromatic nitrogens is 6. The van der Waals surface area contributed by atoms with Crippen molar-refractivity contribution < 1.29 is 56.7 Å². The molecule has 0 aliphatic carbocycles. The van der Waals surface area contributed by atoms with Crippen molar-refractivity contribution in [3.8, 4) is 0 Å². The molecule has 10 N–H and O–H groups in total. The standard InChI is InChI=1S/C21H30N10O13P2/c1-38-46(37)40-3-8-13(12(33)19(42-8)30-5-26-9-15(22)24-4-25-16(9)30)43-45(35,36)39-2-7-11(32)14(44-46)20(41-7)31-6-27-10-17(31)28-21(23)29-18(10)34/h4-5,7-8,11-14,19-20,27,32-33,37,46H,2-3,6H2,1H3,(H,35,36)(H2,22,24,25)(H3,23,28,29,34). The summed E-state index contributed by atoms with van der Waals surface area (Å²) >= 11 is 0. The summed E-state index contributed by atoms with van der Waals surface area (Å²) in [6.45, 7) is -1.40. The average molecular weight is 692 g/mol. The maximum absolute atomic E-state index is 13.2. The van der Waals surface area contributed by atoms with Crippen LogP contribution >= 0.6 is 16.0 Å². The van der Waals surface area contributed by atoms with Crippen LogP contribution in [0.4, 0.5) is 23.3 Å². The third-order valence-corrected chi connectivity index (χ3v) is 10.4. The number of phosphoric ester groups is 1. The van der Waals surface area contributed by atoms with Gasteiger partial charge in [0.25, 0.3) is 0 Å². The summed E-state index contributed by atoms with van der Waals surface area (Å²) in [5, 5.41) is 25.3.